The molecule has 0 spiro atoms. The Morgan fingerprint density at radius 2 is 1.26 bits per heavy atom. The number of carbonyl (C=O) groups excluding carboxylic acids is 4. The molecule has 0 saturated heterocycles. The SMILES string of the molecule is C[C@H](NC(=O)CNC(=O)CNC(=O)OCc1ccccc1)C(=O)OCc1ccccc1. The van der Waals surface area contributed by atoms with Gasteiger partial charge in [0, 0.05) is 0 Å². The molecular formula is C22H25N3O6. The number of ether oxygens (including phenoxy) is 2. The molecule has 0 unspecified atom stereocenters. The molecule has 164 valence electrons. The van der Waals surface area contributed by atoms with Crippen molar-refractivity contribution in [1.29, 1.82) is 0 Å². The van der Waals surface area contributed by atoms with E-state index >= 15 is 0 Å². The predicted molar refractivity (Wildman–Crippen MR) is 111 cm³/mol. The molecule has 0 radical (unpaired) electrons. The van der Waals surface area contributed by atoms with Crippen molar-refractivity contribution >= 4 is 23.9 Å². The Kier molecular flexibility index (Phi) is 9.54. The molecule has 0 bridgehead atoms. The van der Waals surface area contributed by atoms with E-state index in [0.29, 0.717) is 0 Å². The molecule has 9 nitrogen and oxygen atoms in total. The van der Waals surface area contributed by atoms with Crippen LogP contribution in [0.3, 0.4) is 0 Å². The van der Waals surface area contributed by atoms with Crippen molar-refractivity contribution in [3.05, 3.63) is 71.8 Å². The van der Waals surface area contributed by atoms with Crippen LogP contribution in [0.2, 0.25) is 0 Å². The van der Waals surface area contributed by atoms with Crippen LogP contribution in [0.15, 0.2) is 60.7 Å². The fraction of sp³-hybridized carbons (Fsp3) is 0.273. The first kappa shape index (κ1) is 23.4. The summed E-state index contributed by atoms with van der Waals surface area (Å²) in [4.78, 5) is 47.2. The number of amides is 3. The molecule has 0 aliphatic rings. The lowest BCUT2D eigenvalue weighted by atomic mass is 10.2. The standard InChI is InChI=1S/C22H25N3O6/c1-16(21(28)30-14-17-8-4-2-5-9-17)25-20(27)13-23-19(26)12-24-22(29)31-15-18-10-6-3-7-11-18/h2-11,16H,12-15H2,1H3,(H,23,26)(H,24,29)(H,25,27)/t16-/m0/s1. The first-order valence-electron chi connectivity index (χ1n) is 9.65. The van der Waals surface area contributed by atoms with Crippen LogP contribution in [-0.2, 0) is 37.1 Å². The molecule has 0 aromatic heterocycles. The lowest BCUT2D eigenvalue weighted by Gasteiger charge is -2.14. The lowest BCUT2D eigenvalue weighted by molar-refractivity contribution is -0.148. The van der Waals surface area contributed by atoms with Gasteiger partial charge in [-0.15, -0.1) is 0 Å². The van der Waals surface area contributed by atoms with Crippen LogP contribution in [0.4, 0.5) is 4.79 Å². The molecule has 3 amide bonds. The van der Waals surface area contributed by atoms with Gasteiger partial charge in [0.2, 0.25) is 11.8 Å². The molecule has 0 saturated carbocycles. The van der Waals surface area contributed by atoms with E-state index in [0.717, 1.165) is 11.1 Å². The minimum atomic E-state index is -0.876. The average molecular weight is 427 g/mol. The highest BCUT2D eigenvalue weighted by Crippen LogP contribution is 2.02. The number of rotatable bonds is 10. The highest BCUT2D eigenvalue weighted by molar-refractivity contribution is 5.89. The zero-order valence-corrected chi connectivity index (χ0v) is 17.1. The number of alkyl carbamates (subject to hydrolysis) is 1. The second kappa shape index (κ2) is 12.6. The quantitative estimate of drug-likeness (QED) is 0.491. The molecule has 31 heavy (non-hydrogen) atoms. The lowest BCUT2D eigenvalue weighted by Crippen LogP contribution is -2.46. The van der Waals surface area contributed by atoms with Crippen molar-refractivity contribution in [3.8, 4) is 0 Å². The first-order valence-corrected chi connectivity index (χ1v) is 9.65. The van der Waals surface area contributed by atoms with Gasteiger partial charge in [0.25, 0.3) is 0 Å². The number of hydrogen-bond acceptors (Lipinski definition) is 6. The number of hydrogen-bond donors (Lipinski definition) is 3. The maximum Gasteiger partial charge on any atom is 0.407 e. The van der Waals surface area contributed by atoms with Crippen molar-refractivity contribution in [2.24, 2.45) is 0 Å². The molecule has 2 rings (SSSR count). The van der Waals surface area contributed by atoms with Crippen LogP contribution in [0.1, 0.15) is 18.1 Å². The highest BCUT2D eigenvalue weighted by Gasteiger charge is 2.17. The summed E-state index contributed by atoms with van der Waals surface area (Å²) in [6, 6.07) is 17.4. The van der Waals surface area contributed by atoms with E-state index in [1.165, 1.54) is 6.92 Å². The van der Waals surface area contributed by atoms with E-state index in [1.807, 2.05) is 48.5 Å². The zero-order chi connectivity index (χ0) is 22.5. The second-order valence-electron chi connectivity index (χ2n) is 6.57. The number of carbonyl (C=O) groups is 4. The Bertz CT molecular complexity index is 873. The topological polar surface area (TPSA) is 123 Å². The van der Waals surface area contributed by atoms with E-state index < -0.39 is 29.9 Å². The summed E-state index contributed by atoms with van der Waals surface area (Å²) >= 11 is 0. The summed E-state index contributed by atoms with van der Waals surface area (Å²) in [6.07, 6.45) is -0.752. The molecule has 1 atom stereocenters. The smallest absolute Gasteiger partial charge is 0.407 e. The Hall–Kier alpha value is -3.88. The average Bonchev–Trinajstić information content (AvgIpc) is 2.79. The molecule has 0 aliphatic heterocycles. The molecular weight excluding hydrogens is 402 g/mol. The number of esters is 1. The number of benzene rings is 2. The summed E-state index contributed by atoms with van der Waals surface area (Å²) in [7, 11) is 0. The third-order valence-corrected chi connectivity index (χ3v) is 4.01. The van der Waals surface area contributed by atoms with Crippen molar-refractivity contribution < 1.29 is 28.7 Å². The van der Waals surface area contributed by atoms with Crippen LogP contribution >= 0.6 is 0 Å². The molecule has 3 N–H and O–H groups in total. The van der Waals surface area contributed by atoms with E-state index in [2.05, 4.69) is 16.0 Å². The Morgan fingerprint density at radius 3 is 1.84 bits per heavy atom. The first-order chi connectivity index (χ1) is 14.9. The molecule has 9 heteroatoms. The van der Waals surface area contributed by atoms with Gasteiger partial charge in [-0.25, -0.2) is 9.59 Å². The van der Waals surface area contributed by atoms with Gasteiger partial charge in [0.1, 0.15) is 25.8 Å². The summed E-state index contributed by atoms with van der Waals surface area (Å²) in [6.45, 7) is 0.959. The summed E-state index contributed by atoms with van der Waals surface area (Å²) in [5.74, 6) is -1.73. The molecule has 2 aromatic carbocycles. The van der Waals surface area contributed by atoms with E-state index in [1.54, 1.807) is 12.1 Å². The van der Waals surface area contributed by atoms with E-state index in [4.69, 9.17) is 9.47 Å². The normalized spacial score (nSPS) is 11.0. The van der Waals surface area contributed by atoms with Crippen LogP contribution in [0.5, 0.6) is 0 Å². The van der Waals surface area contributed by atoms with Crippen LogP contribution in [0, 0.1) is 0 Å². The fourth-order valence-corrected chi connectivity index (χ4v) is 2.37. The van der Waals surface area contributed by atoms with Gasteiger partial charge in [-0.3, -0.25) is 9.59 Å². The molecule has 0 heterocycles. The van der Waals surface area contributed by atoms with Crippen LogP contribution < -0.4 is 16.0 Å². The van der Waals surface area contributed by atoms with Crippen molar-refractivity contribution in [3.63, 3.8) is 0 Å². The predicted octanol–water partition coefficient (Wildman–Crippen LogP) is 1.28. The Balaban J connectivity index is 1.58. The van der Waals surface area contributed by atoms with Gasteiger partial charge < -0.3 is 25.4 Å². The largest absolute Gasteiger partial charge is 0.459 e. The monoisotopic (exact) mass is 427 g/mol. The Morgan fingerprint density at radius 1 is 0.742 bits per heavy atom. The van der Waals surface area contributed by atoms with Crippen molar-refractivity contribution in [2.75, 3.05) is 13.1 Å². The van der Waals surface area contributed by atoms with Gasteiger partial charge in [-0.2, -0.15) is 0 Å². The zero-order valence-electron chi connectivity index (χ0n) is 17.1. The molecule has 0 aliphatic carbocycles. The summed E-state index contributed by atoms with van der Waals surface area (Å²) < 4.78 is 10.1. The van der Waals surface area contributed by atoms with Gasteiger partial charge in [0.05, 0.1) is 6.54 Å². The third kappa shape index (κ3) is 9.44. The van der Waals surface area contributed by atoms with E-state index in [9.17, 15) is 19.2 Å². The minimum Gasteiger partial charge on any atom is -0.459 e. The summed E-state index contributed by atoms with van der Waals surface area (Å²) in [5, 5.41) is 7.06. The fourth-order valence-electron chi connectivity index (χ4n) is 2.37. The van der Waals surface area contributed by atoms with Crippen LogP contribution in [-0.4, -0.2) is 43.0 Å². The number of nitrogens with one attached hydrogen (secondary N) is 3. The van der Waals surface area contributed by atoms with Gasteiger partial charge >= 0.3 is 12.1 Å². The minimum absolute atomic E-state index is 0.0783. The van der Waals surface area contributed by atoms with Gasteiger partial charge in [0.15, 0.2) is 0 Å². The van der Waals surface area contributed by atoms with Gasteiger partial charge in [-0.05, 0) is 18.1 Å². The third-order valence-electron chi connectivity index (χ3n) is 4.01. The molecule has 0 fully saturated rings. The maximum atomic E-state index is 11.9. The van der Waals surface area contributed by atoms with E-state index in [-0.39, 0.29) is 26.3 Å². The highest BCUT2D eigenvalue weighted by atomic mass is 16.5. The second-order valence-corrected chi connectivity index (χ2v) is 6.57. The molecule has 2 aromatic rings. The maximum absolute atomic E-state index is 11.9. The van der Waals surface area contributed by atoms with Crippen molar-refractivity contribution in [1.82, 2.24) is 16.0 Å². The Labute approximate surface area is 180 Å². The van der Waals surface area contributed by atoms with Gasteiger partial charge in [-0.1, -0.05) is 60.7 Å². The summed E-state index contributed by atoms with van der Waals surface area (Å²) in [5.41, 5.74) is 1.65. The van der Waals surface area contributed by atoms with Crippen molar-refractivity contribution in [2.45, 2.75) is 26.2 Å². The van der Waals surface area contributed by atoms with Crippen LogP contribution in [0.25, 0.3) is 0 Å².